The van der Waals surface area contributed by atoms with Gasteiger partial charge < -0.3 is 4.74 Å². The van der Waals surface area contributed by atoms with E-state index in [4.69, 9.17) is 4.74 Å². The van der Waals surface area contributed by atoms with Gasteiger partial charge in [-0.15, -0.1) is 0 Å². The molecule has 1 fully saturated rings. The monoisotopic (exact) mass is 221 g/mol. The van der Waals surface area contributed by atoms with Gasteiger partial charge in [0.05, 0.1) is 13.2 Å². The van der Waals surface area contributed by atoms with E-state index >= 15 is 0 Å². The van der Waals surface area contributed by atoms with Crippen LogP contribution in [0, 0.1) is 0 Å². The largest absolute Gasteiger partial charge is 0.379 e. The number of hydrogen-bond donors (Lipinski definition) is 0. The first-order valence-corrected chi connectivity index (χ1v) is 5.38. The summed E-state index contributed by atoms with van der Waals surface area (Å²) >= 11 is 3.53. The Morgan fingerprint density at radius 2 is 2.09 bits per heavy atom. The Labute approximate surface area is 77.0 Å². The summed E-state index contributed by atoms with van der Waals surface area (Å²) in [6.07, 6.45) is 1.23. The van der Waals surface area contributed by atoms with Crippen LogP contribution in [0.1, 0.15) is 13.3 Å². The Bertz CT molecular complexity index is 100. The number of rotatable bonds is 3. The van der Waals surface area contributed by atoms with Crippen molar-refractivity contribution in [1.82, 2.24) is 4.90 Å². The van der Waals surface area contributed by atoms with E-state index in [1.807, 2.05) is 0 Å². The second-order valence-electron chi connectivity index (χ2n) is 2.86. The zero-order valence-corrected chi connectivity index (χ0v) is 8.64. The molecule has 2 nitrogen and oxygen atoms in total. The molecule has 1 heterocycles. The van der Waals surface area contributed by atoms with Gasteiger partial charge in [-0.1, -0.05) is 22.9 Å². The lowest BCUT2D eigenvalue weighted by Gasteiger charge is -2.32. The zero-order chi connectivity index (χ0) is 8.10. The molecule has 0 N–H and O–H groups in total. The van der Waals surface area contributed by atoms with Crippen LogP contribution in [-0.4, -0.2) is 42.6 Å². The highest BCUT2D eigenvalue weighted by atomic mass is 79.9. The van der Waals surface area contributed by atoms with Gasteiger partial charge in [0.15, 0.2) is 0 Å². The fraction of sp³-hybridized carbons (Fsp3) is 1.00. The molecule has 0 aromatic rings. The molecule has 0 aromatic heterocycles. The lowest BCUT2D eigenvalue weighted by Crippen LogP contribution is -2.44. The predicted octanol–water partition coefficient (Wildman–Crippen LogP) is 1.49. The summed E-state index contributed by atoms with van der Waals surface area (Å²) in [5.74, 6) is 0. The summed E-state index contributed by atoms with van der Waals surface area (Å²) in [5.41, 5.74) is 0. The highest BCUT2D eigenvalue weighted by molar-refractivity contribution is 9.09. The molecule has 66 valence electrons. The van der Waals surface area contributed by atoms with Crippen molar-refractivity contribution >= 4 is 15.9 Å². The fourth-order valence-corrected chi connectivity index (χ4v) is 2.27. The average Bonchev–Trinajstić information content (AvgIpc) is 2.09. The Balaban J connectivity index is 2.30. The van der Waals surface area contributed by atoms with Gasteiger partial charge in [-0.25, -0.2) is 0 Å². The van der Waals surface area contributed by atoms with Crippen molar-refractivity contribution in [3.05, 3.63) is 0 Å². The van der Waals surface area contributed by atoms with Crippen LogP contribution >= 0.6 is 15.9 Å². The highest BCUT2D eigenvalue weighted by Gasteiger charge is 2.17. The van der Waals surface area contributed by atoms with E-state index in [1.54, 1.807) is 0 Å². The number of alkyl halides is 1. The number of hydrogen-bond acceptors (Lipinski definition) is 2. The third kappa shape index (κ3) is 2.73. The van der Waals surface area contributed by atoms with Gasteiger partial charge in [0.2, 0.25) is 0 Å². The maximum absolute atomic E-state index is 5.28. The lowest BCUT2D eigenvalue weighted by atomic mass is 10.2. The lowest BCUT2D eigenvalue weighted by molar-refractivity contribution is 0.0208. The van der Waals surface area contributed by atoms with Gasteiger partial charge in [-0.2, -0.15) is 0 Å². The Kier molecular flexibility index (Phi) is 4.41. The molecule has 1 rings (SSSR count). The summed E-state index contributed by atoms with van der Waals surface area (Å²) in [4.78, 5) is 2.50. The normalized spacial score (nSPS) is 23.5. The summed E-state index contributed by atoms with van der Waals surface area (Å²) in [6, 6.07) is 0.707. The summed E-state index contributed by atoms with van der Waals surface area (Å²) in [6.45, 7) is 6.25. The van der Waals surface area contributed by atoms with Crippen LogP contribution in [0.5, 0.6) is 0 Å². The molecule has 0 spiro atoms. The first-order chi connectivity index (χ1) is 5.38. The van der Waals surface area contributed by atoms with Gasteiger partial charge >= 0.3 is 0 Å². The van der Waals surface area contributed by atoms with Gasteiger partial charge in [-0.3, -0.25) is 4.90 Å². The molecule has 1 atom stereocenters. The number of nitrogens with zero attached hydrogens (tertiary/aromatic N) is 1. The van der Waals surface area contributed by atoms with Crippen LogP contribution in [0.2, 0.25) is 0 Å². The molecule has 0 amide bonds. The van der Waals surface area contributed by atoms with Crippen LogP contribution in [0.4, 0.5) is 0 Å². The first-order valence-electron chi connectivity index (χ1n) is 4.26. The Morgan fingerprint density at radius 1 is 1.45 bits per heavy atom. The smallest absolute Gasteiger partial charge is 0.0594 e. The molecule has 0 aliphatic carbocycles. The molecule has 0 aromatic carbocycles. The minimum Gasteiger partial charge on any atom is -0.379 e. The quantitative estimate of drug-likeness (QED) is 0.671. The molecular weight excluding hydrogens is 206 g/mol. The van der Waals surface area contributed by atoms with Crippen LogP contribution in [-0.2, 0) is 4.74 Å². The van der Waals surface area contributed by atoms with E-state index in [2.05, 4.69) is 27.8 Å². The van der Waals surface area contributed by atoms with E-state index in [9.17, 15) is 0 Å². The van der Waals surface area contributed by atoms with E-state index in [-0.39, 0.29) is 0 Å². The first kappa shape index (κ1) is 9.49. The Hall–Kier alpha value is 0.400. The molecule has 0 saturated carbocycles. The predicted molar refractivity (Wildman–Crippen MR) is 50.3 cm³/mol. The molecule has 1 unspecified atom stereocenters. The SMILES string of the molecule is CCC(CBr)N1CCOCC1. The van der Waals surface area contributed by atoms with Gasteiger partial charge in [0.1, 0.15) is 0 Å². The maximum atomic E-state index is 5.28. The van der Waals surface area contributed by atoms with Gasteiger partial charge in [0.25, 0.3) is 0 Å². The number of halogens is 1. The van der Waals surface area contributed by atoms with E-state index in [0.717, 1.165) is 31.6 Å². The molecule has 1 aliphatic rings. The van der Waals surface area contributed by atoms with Crippen molar-refractivity contribution in [2.75, 3.05) is 31.6 Å². The maximum Gasteiger partial charge on any atom is 0.0594 e. The Morgan fingerprint density at radius 3 is 2.55 bits per heavy atom. The van der Waals surface area contributed by atoms with Crippen molar-refractivity contribution < 1.29 is 4.74 Å². The van der Waals surface area contributed by atoms with Crippen molar-refractivity contribution in [2.24, 2.45) is 0 Å². The molecule has 3 heteroatoms. The number of ether oxygens (including phenoxy) is 1. The van der Waals surface area contributed by atoms with Crippen LogP contribution in [0.3, 0.4) is 0 Å². The van der Waals surface area contributed by atoms with Crippen molar-refractivity contribution in [2.45, 2.75) is 19.4 Å². The molecule has 1 aliphatic heterocycles. The third-order valence-electron chi connectivity index (χ3n) is 2.21. The molecule has 11 heavy (non-hydrogen) atoms. The van der Waals surface area contributed by atoms with Crippen molar-refractivity contribution in [1.29, 1.82) is 0 Å². The van der Waals surface area contributed by atoms with E-state index in [1.165, 1.54) is 6.42 Å². The van der Waals surface area contributed by atoms with E-state index < -0.39 is 0 Å². The average molecular weight is 222 g/mol. The zero-order valence-electron chi connectivity index (χ0n) is 7.05. The minimum atomic E-state index is 0.707. The van der Waals surface area contributed by atoms with Crippen molar-refractivity contribution in [3.8, 4) is 0 Å². The van der Waals surface area contributed by atoms with Crippen LogP contribution in [0.25, 0.3) is 0 Å². The summed E-state index contributed by atoms with van der Waals surface area (Å²) in [7, 11) is 0. The van der Waals surface area contributed by atoms with Crippen molar-refractivity contribution in [3.63, 3.8) is 0 Å². The second kappa shape index (κ2) is 5.12. The third-order valence-corrected chi connectivity index (χ3v) is 2.96. The summed E-state index contributed by atoms with van der Waals surface area (Å²) < 4.78 is 5.28. The van der Waals surface area contributed by atoms with Crippen LogP contribution in [0.15, 0.2) is 0 Å². The molecular formula is C8H16BrNO. The van der Waals surface area contributed by atoms with Crippen LogP contribution < -0.4 is 0 Å². The standard InChI is InChI=1S/C8H16BrNO/c1-2-8(7-9)10-3-5-11-6-4-10/h8H,2-7H2,1H3. The molecule has 0 radical (unpaired) electrons. The van der Waals surface area contributed by atoms with Gasteiger partial charge in [0, 0.05) is 24.5 Å². The molecule has 1 saturated heterocycles. The second-order valence-corrected chi connectivity index (χ2v) is 3.51. The number of morpholine rings is 1. The van der Waals surface area contributed by atoms with E-state index in [0.29, 0.717) is 6.04 Å². The highest BCUT2D eigenvalue weighted by Crippen LogP contribution is 2.09. The summed E-state index contributed by atoms with van der Waals surface area (Å²) in [5, 5.41) is 1.09. The van der Waals surface area contributed by atoms with Gasteiger partial charge in [-0.05, 0) is 6.42 Å². The molecule has 0 bridgehead atoms. The fourth-order valence-electron chi connectivity index (χ4n) is 1.41. The minimum absolute atomic E-state index is 0.707. The topological polar surface area (TPSA) is 12.5 Å².